The third kappa shape index (κ3) is 2.57. The molecule has 6 rings (SSSR count). The number of piperidine rings is 1. The first-order chi connectivity index (χ1) is 15.5. The Hall–Kier alpha value is -2.83. The summed E-state index contributed by atoms with van der Waals surface area (Å²) < 4.78 is 17.8. The van der Waals surface area contributed by atoms with Crippen LogP contribution in [0, 0.1) is 5.92 Å². The lowest BCUT2D eigenvalue weighted by atomic mass is 9.53. The maximum Gasteiger partial charge on any atom is 0.338 e. The first-order valence-corrected chi connectivity index (χ1v) is 11.2. The lowest BCUT2D eigenvalue weighted by molar-refractivity contribution is -0.0755. The number of hydrogen-bond acceptors (Lipinski definition) is 6. The van der Waals surface area contributed by atoms with E-state index in [0.717, 1.165) is 24.9 Å². The zero-order valence-electron chi connectivity index (χ0n) is 18.3. The van der Waals surface area contributed by atoms with Crippen molar-refractivity contribution in [2.45, 2.75) is 43.1 Å². The van der Waals surface area contributed by atoms with Crippen molar-refractivity contribution < 1.29 is 24.1 Å². The highest BCUT2D eigenvalue weighted by Gasteiger charge is 2.64. The molecule has 1 N–H and O–H groups in total. The van der Waals surface area contributed by atoms with Gasteiger partial charge in [0.25, 0.3) is 0 Å². The molecule has 0 saturated carbocycles. The van der Waals surface area contributed by atoms with Crippen molar-refractivity contribution in [1.82, 2.24) is 4.90 Å². The quantitative estimate of drug-likeness (QED) is 0.590. The van der Waals surface area contributed by atoms with E-state index in [-0.39, 0.29) is 35.9 Å². The van der Waals surface area contributed by atoms with Gasteiger partial charge in [0, 0.05) is 22.9 Å². The standard InChI is InChI=1S/C26H27NO5/c1-27-12-11-26-18-8-10-21(31-14-16-5-3-4-6-17(16)25(29)30-2)24(26)32-23-20(28)9-7-15(22(23)26)13-19(18)27/h3-10,18-19,21,24,28H,11-14H2,1-2H3/t18-,19+,21-,24-,26-/m0/s1. The van der Waals surface area contributed by atoms with Crippen LogP contribution in [-0.4, -0.2) is 54.9 Å². The van der Waals surface area contributed by atoms with Gasteiger partial charge < -0.3 is 24.2 Å². The predicted molar refractivity (Wildman–Crippen MR) is 118 cm³/mol. The fourth-order valence-electron chi connectivity index (χ4n) is 6.50. The van der Waals surface area contributed by atoms with Crippen molar-refractivity contribution in [2.24, 2.45) is 5.92 Å². The Morgan fingerprint density at radius 2 is 2.09 bits per heavy atom. The number of phenolic OH excluding ortho intramolecular Hbond substituents is 1. The van der Waals surface area contributed by atoms with Crippen LogP contribution in [0.2, 0.25) is 0 Å². The number of rotatable bonds is 4. The van der Waals surface area contributed by atoms with E-state index in [2.05, 4.69) is 30.2 Å². The second-order valence-electron chi connectivity index (χ2n) is 9.36. The van der Waals surface area contributed by atoms with Gasteiger partial charge in [0.15, 0.2) is 11.5 Å². The molecule has 0 amide bonds. The van der Waals surface area contributed by atoms with Crippen LogP contribution in [0.3, 0.4) is 0 Å². The number of carbonyl (C=O) groups excluding carboxylic acids is 1. The predicted octanol–water partition coefficient (Wildman–Crippen LogP) is 3.21. The molecule has 2 aliphatic heterocycles. The van der Waals surface area contributed by atoms with Gasteiger partial charge in [0.1, 0.15) is 12.2 Å². The van der Waals surface area contributed by atoms with Crippen molar-refractivity contribution in [2.75, 3.05) is 20.7 Å². The lowest BCUT2D eigenvalue weighted by Gasteiger charge is -2.56. The molecule has 5 atom stereocenters. The highest BCUT2D eigenvalue weighted by atomic mass is 16.6. The van der Waals surface area contributed by atoms with E-state index in [1.165, 1.54) is 18.2 Å². The second kappa shape index (κ2) is 7.09. The Morgan fingerprint density at radius 1 is 1.25 bits per heavy atom. The number of likely N-dealkylation sites (N-methyl/N-ethyl adjacent to an activating group) is 1. The zero-order valence-corrected chi connectivity index (χ0v) is 18.3. The minimum atomic E-state index is -0.369. The monoisotopic (exact) mass is 433 g/mol. The third-order valence-corrected chi connectivity index (χ3v) is 7.98. The number of hydrogen-bond donors (Lipinski definition) is 1. The van der Waals surface area contributed by atoms with Gasteiger partial charge in [-0.2, -0.15) is 0 Å². The molecule has 32 heavy (non-hydrogen) atoms. The second-order valence-corrected chi connectivity index (χ2v) is 9.36. The Kier molecular flexibility index (Phi) is 4.39. The van der Waals surface area contributed by atoms with Gasteiger partial charge in [-0.1, -0.05) is 36.4 Å². The molecule has 6 heteroatoms. The van der Waals surface area contributed by atoms with Crippen molar-refractivity contribution in [3.63, 3.8) is 0 Å². The molecule has 2 bridgehead atoms. The zero-order chi connectivity index (χ0) is 22.0. The van der Waals surface area contributed by atoms with Gasteiger partial charge in [0.05, 0.1) is 19.3 Å². The van der Waals surface area contributed by atoms with Gasteiger partial charge >= 0.3 is 5.97 Å². The van der Waals surface area contributed by atoms with E-state index in [1.807, 2.05) is 18.2 Å². The molecule has 6 nitrogen and oxygen atoms in total. The molecular formula is C26H27NO5. The van der Waals surface area contributed by atoms with E-state index in [0.29, 0.717) is 23.3 Å². The van der Waals surface area contributed by atoms with E-state index < -0.39 is 0 Å². The van der Waals surface area contributed by atoms with Crippen molar-refractivity contribution in [3.05, 3.63) is 70.8 Å². The van der Waals surface area contributed by atoms with Crippen LogP contribution in [0.25, 0.3) is 0 Å². The third-order valence-electron chi connectivity index (χ3n) is 7.98. The molecule has 0 aromatic heterocycles. The summed E-state index contributed by atoms with van der Waals surface area (Å²) in [4.78, 5) is 14.6. The SMILES string of the molecule is COC(=O)c1ccccc1CO[C@H]1C=C[C@H]2[C@H]3Cc4ccc(O)c5c4[C@@]2(CCN3C)[C@H]1O5. The van der Waals surface area contributed by atoms with E-state index in [1.54, 1.807) is 12.1 Å². The molecule has 1 spiro atoms. The topological polar surface area (TPSA) is 68.2 Å². The first-order valence-electron chi connectivity index (χ1n) is 11.2. The molecule has 2 heterocycles. The van der Waals surface area contributed by atoms with Crippen molar-refractivity contribution >= 4 is 5.97 Å². The lowest BCUT2D eigenvalue weighted by Crippen LogP contribution is -2.65. The van der Waals surface area contributed by atoms with E-state index in [9.17, 15) is 9.90 Å². The van der Waals surface area contributed by atoms with Crippen LogP contribution < -0.4 is 4.74 Å². The molecule has 0 radical (unpaired) electrons. The summed E-state index contributed by atoms with van der Waals surface area (Å²) in [5.74, 6) is 0.793. The van der Waals surface area contributed by atoms with Crippen LogP contribution in [0.15, 0.2) is 48.6 Å². The molecule has 2 aromatic carbocycles. The van der Waals surface area contributed by atoms with E-state index in [4.69, 9.17) is 14.2 Å². The van der Waals surface area contributed by atoms with Crippen molar-refractivity contribution in [3.8, 4) is 11.5 Å². The normalized spacial score (nSPS) is 31.7. The molecule has 1 fully saturated rings. The largest absolute Gasteiger partial charge is 0.504 e. The number of nitrogens with zero attached hydrogens (tertiary/aromatic N) is 1. The molecule has 2 aromatic rings. The number of aromatic hydroxyl groups is 1. The summed E-state index contributed by atoms with van der Waals surface area (Å²) in [5, 5.41) is 10.6. The summed E-state index contributed by atoms with van der Waals surface area (Å²) in [5.41, 5.74) is 3.57. The van der Waals surface area contributed by atoms with Crippen LogP contribution in [0.5, 0.6) is 11.5 Å². The van der Waals surface area contributed by atoms with Crippen LogP contribution in [0.1, 0.15) is 33.5 Å². The van der Waals surface area contributed by atoms with Gasteiger partial charge in [-0.25, -0.2) is 4.79 Å². The Labute approximate surface area is 187 Å². The first kappa shape index (κ1) is 19.8. The minimum absolute atomic E-state index is 0.194. The molecular weight excluding hydrogens is 406 g/mol. The summed E-state index contributed by atoms with van der Waals surface area (Å²) >= 11 is 0. The molecule has 166 valence electrons. The number of esters is 1. The summed E-state index contributed by atoms with van der Waals surface area (Å²) in [6, 6.07) is 11.6. The summed E-state index contributed by atoms with van der Waals surface area (Å²) in [7, 11) is 3.59. The van der Waals surface area contributed by atoms with Crippen LogP contribution in [0.4, 0.5) is 0 Å². The highest BCUT2D eigenvalue weighted by Crippen LogP contribution is 2.62. The molecule has 1 saturated heterocycles. The average molecular weight is 434 g/mol. The summed E-state index contributed by atoms with van der Waals surface area (Å²) in [6.45, 7) is 1.26. The Balaban J connectivity index is 1.37. The highest BCUT2D eigenvalue weighted by molar-refractivity contribution is 5.90. The smallest absolute Gasteiger partial charge is 0.338 e. The Morgan fingerprint density at radius 3 is 2.94 bits per heavy atom. The number of ether oxygens (including phenoxy) is 3. The van der Waals surface area contributed by atoms with Gasteiger partial charge in [-0.15, -0.1) is 0 Å². The average Bonchev–Trinajstić information content (AvgIpc) is 3.17. The molecule has 0 unspecified atom stereocenters. The number of benzene rings is 2. The Bertz CT molecular complexity index is 1130. The number of likely N-dealkylation sites (tertiary alicyclic amines) is 1. The maximum atomic E-state index is 12.2. The number of carbonyl (C=O) groups is 1. The van der Waals surface area contributed by atoms with Crippen LogP contribution in [-0.2, 0) is 27.9 Å². The van der Waals surface area contributed by atoms with E-state index >= 15 is 0 Å². The molecule has 4 aliphatic rings. The minimum Gasteiger partial charge on any atom is -0.504 e. The molecule has 2 aliphatic carbocycles. The maximum absolute atomic E-state index is 12.2. The van der Waals surface area contributed by atoms with Gasteiger partial charge in [-0.05, 0) is 49.7 Å². The number of methoxy groups -OCH3 is 1. The fraction of sp³-hybridized carbons (Fsp3) is 0.423. The van der Waals surface area contributed by atoms with Crippen molar-refractivity contribution in [1.29, 1.82) is 0 Å². The number of phenols is 1. The van der Waals surface area contributed by atoms with Crippen LogP contribution >= 0.6 is 0 Å². The van der Waals surface area contributed by atoms with Gasteiger partial charge in [-0.3, -0.25) is 0 Å². The summed E-state index contributed by atoms with van der Waals surface area (Å²) in [6.07, 6.45) is 5.86. The fourth-order valence-corrected chi connectivity index (χ4v) is 6.50. The van der Waals surface area contributed by atoms with Gasteiger partial charge in [0.2, 0.25) is 0 Å².